The highest BCUT2D eigenvalue weighted by molar-refractivity contribution is 9.10. The summed E-state index contributed by atoms with van der Waals surface area (Å²) in [6, 6.07) is 13.4. The number of carbonyl (C=O) groups is 1. The molecule has 0 unspecified atom stereocenters. The van der Waals surface area contributed by atoms with E-state index in [0.29, 0.717) is 10.6 Å². The first-order valence-corrected chi connectivity index (χ1v) is 9.48. The van der Waals surface area contributed by atoms with Crippen molar-refractivity contribution in [2.75, 3.05) is 18.4 Å². The van der Waals surface area contributed by atoms with E-state index in [0.717, 1.165) is 16.7 Å². The molecular formula is C19H21BrClN2O+. The highest BCUT2D eigenvalue weighted by Crippen LogP contribution is 2.22. The molecule has 5 heteroatoms. The molecule has 0 saturated carbocycles. The maximum atomic E-state index is 12.4. The van der Waals surface area contributed by atoms with Gasteiger partial charge < -0.3 is 10.2 Å². The summed E-state index contributed by atoms with van der Waals surface area (Å²) in [5, 5.41) is 3.35. The van der Waals surface area contributed by atoms with Crippen LogP contribution < -0.4 is 10.2 Å². The first-order chi connectivity index (χ1) is 11.6. The van der Waals surface area contributed by atoms with Gasteiger partial charge in [0.25, 0.3) is 5.91 Å². The lowest BCUT2D eigenvalue weighted by molar-refractivity contribution is -0.918. The van der Waals surface area contributed by atoms with Crippen molar-refractivity contribution >= 4 is 39.1 Å². The molecular weight excluding hydrogens is 388 g/mol. The lowest BCUT2D eigenvalue weighted by Gasteiger charge is -2.23. The molecule has 2 aromatic rings. The number of anilines is 1. The second-order valence-corrected chi connectivity index (χ2v) is 7.59. The normalized spacial score (nSPS) is 15.2. The van der Waals surface area contributed by atoms with Gasteiger partial charge >= 0.3 is 0 Å². The Labute approximate surface area is 156 Å². The number of likely N-dealkylation sites (tertiary alicyclic amines) is 1. The van der Waals surface area contributed by atoms with E-state index in [4.69, 9.17) is 11.6 Å². The van der Waals surface area contributed by atoms with Crippen molar-refractivity contribution in [1.29, 1.82) is 0 Å². The largest absolute Gasteiger partial charge is 0.331 e. The Bertz CT molecular complexity index is 712. The average Bonchev–Trinajstić information content (AvgIpc) is 2.59. The van der Waals surface area contributed by atoms with Crippen LogP contribution in [0, 0.1) is 0 Å². The molecule has 3 nitrogen and oxygen atoms in total. The Hall–Kier alpha value is -1.36. The van der Waals surface area contributed by atoms with Crippen LogP contribution in [-0.4, -0.2) is 19.0 Å². The van der Waals surface area contributed by atoms with Crippen LogP contribution in [0.25, 0.3) is 0 Å². The molecule has 3 rings (SSSR count). The molecule has 1 heterocycles. The van der Waals surface area contributed by atoms with Crippen LogP contribution in [-0.2, 0) is 6.54 Å². The third-order valence-electron chi connectivity index (χ3n) is 4.40. The quantitative estimate of drug-likeness (QED) is 0.790. The molecule has 0 bridgehead atoms. The van der Waals surface area contributed by atoms with Gasteiger partial charge in [-0.05, 0) is 49.6 Å². The van der Waals surface area contributed by atoms with Gasteiger partial charge in [0, 0.05) is 15.7 Å². The Morgan fingerprint density at radius 3 is 2.50 bits per heavy atom. The van der Waals surface area contributed by atoms with Crippen LogP contribution in [0.3, 0.4) is 0 Å². The number of nitrogens with one attached hydrogen (secondary N) is 2. The second-order valence-electron chi connectivity index (χ2n) is 6.26. The van der Waals surface area contributed by atoms with Crippen molar-refractivity contribution < 1.29 is 9.69 Å². The van der Waals surface area contributed by atoms with Gasteiger partial charge in [-0.25, -0.2) is 0 Å². The Kier molecular flexibility index (Phi) is 5.93. The summed E-state index contributed by atoms with van der Waals surface area (Å²) in [5.74, 6) is -0.198. The van der Waals surface area contributed by atoms with Crippen LogP contribution in [0.2, 0.25) is 5.02 Å². The van der Waals surface area contributed by atoms with Crippen molar-refractivity contribution in [2.24, 2.45) is 0 Å². The fourth-order valence-corrected chi connectivity index (χ4v) is 3.66. The number of halogens is 2. The number of hydrogen-bond donors (Lipinski definition) is 2. The number of hydrogen-bond acceptors (Lipinski definition) is 1. The number of rotatable bonds is 4. The van der Waals surface area contributed by atoms with Gasteiger partial charge in [0.2, 0.25) is 0 Å². The van der Waals surface area contributed by atoms with Crippen LogP contribution in [0.5, 0.6) is 0 Å². The van der Waals surface area contributed by atoms with Crippen molar-refractivity contribution in [1.82, 2.24) is 0 Å². The standard InChI is InChI=1S/C19H20BrClN2O/c20-15-6-9-18(21)17(12-15)19(24)22-16-7-4-14(5-8-16)13-23-10-2-1-3-11-23/h4-9,12H,1-3,10-11,13H2,(H,22,24)/p+1. The Balaban J connectivity index is 1.63. The third-order valence-corrected chi connectivity index (χ3v) is 5.22. The first-order valence-electron chi connectivity index (χ1n) is 8.31. The molecule has 2 aromatic carbocycles. The molecule has 0 aliphatic carbocycles. The van der Waals surface area contributed by atoms with Crippen molar-refractivity contribution in [3.05, 3.63) is 63.1 Å². The van der Waals surface area contributed by atoms with Crippen LogP contribution in [0.15, 0.2) is 46.9 Å². The van der Waals surface area contributed by atoms with Gasteiger partial charge in [-0.15, -0.1) is 0 Å². The molecule has 1 saturated heterocycles. The van der Waals surface area contributed by atoms with E-state index < -0.39 is 0 Å². The molecule has 1 aliphatic heterocycles. The van der Waals surface area contributed by atoms with E-state index in [9.17, 15) is 4.79 Å². The zero-order valence-electron chi connectivity index (χ0n) is 13.4. The van der Waals surface area contributed by atoms with Gasteiger partial charge in [-0.1, -0.05) is 39.7 Å². The zero-order chi connectivity index (χ0) is 16.9. The number of quaternary nitrogens is 1. The molecule has 0 aromatic heterocycles. The molecule has 24 heavy (non-hydrogen) atoms. The van der Waals surface area contributed by atoms with Crippen molar-refractivity contribution in [3.8, 4) is 0 Å². The monoisotopic (exact) mass is 407 g/mol. The zero-order valence-corrected chi connectivity index (χ0v) is 15.8. The van der Waals surface area contributed by atoms with E-state index in [1.165, 1.54) is 37.9 Å². The molecule has 1 aliphatic rings. The third kappa shape index (κ3) is 4.59. The summed E-state index contributed by atoms with van der Waals surface area (Å²) >= 11 is 9.47. The summed E-state index contributed by atoms with van der Waals surface area (Å²) in [7, 11) is 0. The SMILES string of the molecule is O=C(Nc1ccc(C[NH+]2CCCCC2)cc1)c1cc(Br)ccc1Cl. The molecule has 126 valence electrons. The maximum Gasteiger partial charge on any atom is 0.257 e. The lowest BCUT2D eigenvalue weighted by Crippen LogP contribution is -3.11. The van der Waals surface area contributed by atoms with E-state index >= 15 is 0 Å². The summed E-state index contributed by atoms with van der Waals surface area (Å²) in [6.07, 6.45) is 4.03. The number of carbonyl (C=O) groups excluding carboxylic acids is 1. The fourth-order valence-electron chi connectivity index (χ4n) is 3.09. The maximum absolute atomic E-state index is 12.4. The highest BCUT2D eigenvalue weighted by atomic mass is 79.9. The number of piperidine rings is 1. The Morgan fingerprint density at radius 2 is 1.79 bits per heavy atom. The van der Waals surface area contributed by atoms with Crippen LogP contribution in [0.4, 0.5) is 5.69 Å². The summed E-state index contributed by atoms with van der Waals surface area (Å²) < 4.78 is 0.830. The van der Waals surface area contributed by atoms with E-state index in [2.05, 4.69) is 33.4 Å². The molecule has 1 amide bonds. The molecule has 0 radical (unpaired) electrons. The topological polar surface area (TPSA) is 33.5 Å². The predicted molar refractivity (Wildman–Crippen MR) is 102 cm³/mol. The van der Waals surface area contributed by atoms with Crippen LogP contribution >= 0.6 is 27.5 Å². The summed E-state index contributed by atoms with van der Waals surface area (Å²) in [5.41, 5.74) is 2.56. The second kappa shape index (κ2) is 8.15. The van der Waals surface area contributed by atoms with E-state index in [1.54, 1.807) is 17.0 Å². The Morgan fingerprint density at radius 1 is 1.08 bits per heavy atom. The van der Waals surface area contributed by atoms with Gasteiger partial charge in [0.05, 0.1) is 23.7 Å². The number of amides is 1. The van der Waals surface area contributed by atoms with Crippen LogP contribution in [0.1, 0.15) is 35.2 Å². The van der Waals surface area contributed by atoms with Crippen molar-refractivity contribution in [3.63, 3.8) is 0 Å². The predicted octanol–water partition coefficient (Wildman–Crippen LogP) is 3.92. The van der Waals surface area contributed by atoms with Gasteiger partial charge in [-0.2, -0.15) is 0 Å². The van der Waals surface area contributed by atoms with E-state index in [1.807, 2.05) is 18.2 Å². The van der Waals surface area contributed by atoms with Gasteiger partial charge in [-0.3, -0.25) is 4.79 Å². The molecule has 2 N–H and O–H groups in total. The molecule has 0 atom stereocenters. The summed E-state index contributed by atoms with van der Waals surface area (Å²) in [4.78, 5) is 14.0. The summed E-state index contributed by atoms with van der Waals surface area (Å²) in [6.45, 7) is 3.59. The van der Waals surface area contributed by atoms with Gasteiger partial charge in [0.15, 0.2) is 0 Å². The van der Waals surface area contributed by atoms with Gasteiger partial charge in [0.1, 0.15) is 6.54 Å². The fraction of sp³-hybridized carbons (Fsp3) is 0.316. The van der Waals surface area contributed by atoms with Crippen molar-refractivity contribution in [2.45, 2.75) is 25.8 Å². The number of benzene rings is 2. The first kappa shape index (κ1) is 17.5. The smallest absolute Gasteiger partial charge is 0.257 e. The molecule has 0 spiro atoms. The molecule has 1 fully saturated rings. The minimum absolute atomic E-state index is 0.198. The minimum atomic E-state index is -0.198. The highest BCUT2D eigenvalue weighted by Gasteiger charge is 2.14. The average molecular weight is 409 g/mol. The van der Waals surface area contributed by atoms with E-state index in [-0.39, 0.29) is 5.91 Å². The lowest BCUT2D eigenvalue weighted by atomic mass is 10.1. The minimum Gasteiger partial charge on any atom is -0.331 e.